The van der Waals surface area contributed by atoms with Crippen LogP contribution in [0.25, 0.3) is 0 Å². The highest BCUT2D eigenvalue weighted by Gasteiger charge is 2.10. The van der Waals surface area contributed by atoms with Crippen LogP contribution in [0.5, 0.6) is 0 Å². The van der Waals surface area contributed by atoms with Crippen LogP contribution in [0.15, 0.2) is 48.5 Å². The van der Waals surface area contributed by atoms with E-state index in [4.69, 9.17) is 11.6 Å². The van der Waals surface area contributed by atoms with Crippen molar-refractivity contribution < 1.29 is 4.92 Å². The van der Waals surface area contributed by atoms with Crippen molar-refractivity contribution in [1.29, 1.82) is 0 Å². The van der Waals surface area contributed by atoms with E-state index in [2.05, 4.69) is 5.32 Å². The summed E-state index contributed by atoms with van der Waals surface area (Å²) in [5.74, 6) is 0. The van der Waals surface area contributed by atoms with E-state index in [1.807, 2.05) is 37.3 Å². The molecular formula is C15H15ClN2O2. The molecule has 2 rings (SSSR count). The molecule has 0 aromatic heterocycles. The number of non-ortho nitro benzene ring substituents is 1. The minimum atomic E-state index is -0.388. The van der Waals surface area contributed by atoms with Crippen molar-refractivity contribution in [2.75, 3.05) is 0 Å². The molecule has 0 radical (unpaired) electrons. The maximum atomic E-state index is 10.7. The molecule has 4 nitrogen and oxygen atoms in total. The van der Waals surface area contributed by atoms with Crippen molar-refractivity contribution in [3.63, 3.8) is 0 Å². The molecule has 2 aromatic carbocycles. The molecule has 0 saturated carbocycles. The number of benzene rings is 2. The number of nitro benzene ring substituents is 1. The number of nitrogens with one attached hydrogen (secondary N) is 1. The van der Waals surface area contributed by atoms with Crippen LogP contribution in [-0.2, 0) is 6.54 Å². The predicted octanol–water partition coefficient (Wildman–Crippen LogP) is 4.10. The highest BCUT2D eigenvalue weighted by atomic mass is 35.5. The zero-order chi connectivity index (χ0) is 14.5. The standard InChI is InChI=1S/C15H15ClN2O2/c1-11(14-7-2-3-8-15(14)16)17-10-12-5-4-6-13(9-12)18(19)20/h2-9,11,17H,10H2,1H3/t11-/m1/s1. The zero-order valence-corrected chi connectivity index (χ0v) is 11.8. The van der Waals surface area contributed by atoms with Crippen LogP contribution >= 0.6 is 11.6 Å². The summed E-state index contributed by atoms with van der Waals surface area (Å²) in [6.45, 7) is 2.56. The third-order valence-electron chi connectivity index (χ3n) is 3.11. The second-order valence-corrected chi connectivity index (χ2v) is 4.96. The molecule has 0 aliphatic heterocycles. The van der Waals surface area contributed by atoms with Crippen molar-refractivity contribution in [2.45, 2.75) is 19.5 Å². The van der Waals surface area contributed by atoms with Gasteiger partial charge in [-0.1, -0.05) is 41.9 Å². The fourth-order valence-corrected chi connectivity index (χ4v) is 2.29. The average molecular weight is 291 g/mol. The Hall–Kier alpha value is -1.91. The molecule has 0 unspecified atom stereocenters. The molecule has 20 heavy (non-hydrogen) atoms. The van der Waals surface area contributed by atoms with E-state index in [1.165, 1.54) is 6.07 Å². The summed E-state index contributed by atoms with van der Waals surface area (Å²) in [6.07, 6.45) is 0. The lowest BCUT2D eigenvalue weighted by Gasteiger charge is -2.15. The number of hydrogen-bond donors (Lipinski definition) is 1. The Morgan fingerprint density at radius 3 is 2.70 bits per heavy atom. The van der Waals surface area contributed by atoms with Crippen LogP contribution in [0, 0.1) is 10.1 Å². The van der Waals surface area contributed by atoms with Crippen molar-refractivity contribution in [3.8, 4) is 0 Å². The van der Waals surface area contributed by atoms with Crippen LogP contribution in [0.4, 0.5) is 5.69 Å². The first-order chi connectivity index (χ1) is 9.58. The molecule has 104 valence electrons. The lowest BCUT2D eigenvalue weighted by atomic mass is 10.1. The van der Waals surface area contributed by atoms with Gasteiger partial charge in [-0.15, -0.1) is 0 Å². The van der Waals surface area contributed by atoms with Gasteiger partial charge in [-0.3, -0.25) is 10.1 Å². The third-order valence-corrected chi connectivity index (χ3v) is 3.45. The summed E-state index contributed by atoms with van der Waals surface area (Å²) in [4.78, 5) is 10.3. The van der Waals surface area contributed by atoms with Gasteiger partial charge < -0.3 is 5.32 Å². The summed E-state index contributed by atoms with van der Waals surface area (Å²) < 4.78 is 0. The second-order valence-electron chi connectivity index (χ2n) is 4.55. The van der Waals surface area contributed by atoms with E-state index >= 15 is 0 Å². The summed E-state index contributed by atoms with van der Waals surface area (Å²) in [7, 11) is 0. The van der Waals surface area contributed by atoms with Crippen molar-refractivity contribution in [1.82, 2.24) is 5.32 Å². The second kappa shape index (κ2) is 6.50. The molecule has 0 heterocycles. The largest absolute Gasteiger partial charge is 0.306 e. The number of halogens is 1. The van der Waals surface area contributed by atoms with Crippen molar-refractivity contribution >= 4 is 17.3 Å². The lowest BCUT2D eigenvalue weighted by Crippen LogP contribution is -2.18. The highest BCUT2D eigenvalue weighted by Crippen LogP contribution is 2.22. The Morgan fingerprint density at radius 2 is 2.00 bits per heavy atom. The van der Waals surface area contributed by atoms with E-state index in [9.17, 15) is 10.1 Å². The first-order valence-electron chi connectivity index (χ1n) is 6.29. The van der Waals surface area contributed by atoms with Gasteiger partial charge in [0.15, 0.2) is 0 Å². The van der Waals surface area contributed by atoms with E-state index in [0.29, 0.717) is 11.6 Å². The Bertz CT molecular complexity index is 616. The average Bonchev–Trinajstić information content (AvgIpc) is 2.45. The molecule has 5 heteroatoms. The molecule has 0 spiro atoms. The minimum Gasteiger partial charge on any atom is -0.306 e. The van der Waals surface area contributed by atoms with Crippen LogP contribution in [0.2, 0.25) is 5.02 Å². The Morgan fingerprint density at radius 1 is 1.25 bits per heavy atom. The maximum Gasteiger partial charge on any atom is 0.269 e. The monoisotopic (exact) mass is 290 g/mol. The molecular weight excluding hydrogens is 276 g/mol. The summed E-state index contributed by atoms with van der Waals surface area (Å²) in [6, 6.07) is 14.3. The molecule has 0 amide bonds. The first-order valence-corrected chi connectivity index (χ1v) is 6.67. The Labute approximate surface area is 122 Å². The maximum absolute atomic E-state index is 10.7. The van der Waals surface area contributed by atoms with Crippen molar-refractivity contribution in [3.05, 3.63) is 74.8 Å². The van der Waals surface area contributed by atoms with Gasteiger partial charge in [-0.05, 0) is 24.1 Å². The van der Waals surface area contributed by atoms with Crippen LogP contribution < -0.4 is 5.32 Å². The smallest absolute Gasteiger partial charge is 0.269 e. The van der Waals surface area contributed by atoms with E-state index in [1.54, 1.807) is 12.1 Å². The molecule has 1 N–H and O–H groups in total. The summed E-state index contributed by atoms with van der Waals surface area (Å²) >= 11 is 6.14. The van der Waals surface area contributed by atoms with Crippen LogP contribution in [0.1, 0.15) is 24.1 Å². The van der Waals surface area contributed by atoms with Gasteiger partial charge in [-0.2, -0.15) is 0 Å². The van der Waals surface area contributed by atoms with E-state index in [0.717, 1.165) is 11.1 Å². The normalized spacial score (nSPS) is 12.1. The van der Waals surface area contributed by atoms with E-state index < -0.39 is 0 Å². The third kappa shape index (κ3) is 3.56. The van der Waals surface area contributed by atoms with Crippen molar-refractivity contribution in [2.24, 2.45) is 0 Å². The highest BCUT2D eigenvalue weighted by molar-refractivity contribution is 6.31. The number of hydrogen-bond acceptors (Lipinski definition) is 3. The molecule has 0 fully saturated rings. The Kier molecular flexibility index (Phi) is 4.71. The van der Waals surface area contributed by atoms with Crippen LogP contribution in [0.3, 0.4) is 0 Å². The molecule has 0 aliphatic carbocycles. The van der Waals surface area contributed by atoms with Gasteiger partial charge in [0.2, 0.25) is 0 Å². The summed E-state index contributed by atoms with van der Waals surface area (Å²) in [5.41, 5.74) is 1.99. The van der Waals surface area contributed by atoms with E-state index in [-0.39, 0.29) is 16.7 Å². The van der Waals surface area contributed by atoms with Gasteiger partial charge in [-0.25, -0.2) is 0 Å². The number of nitro groups is 1. The van der Waals surface area contributed by atoms with Crippen LogP contribution in [-0.4, -0.2) is 4.92 Å². The fraction of sp³-hybridized carbons (Fsp3) is 0.200. The zero-order valence-electron chi connectivity index (χ0n) is 11.0. The molecule has 1 atom stereocenters. The molecule has 2 aromatic rings. The van der Waals surface area contributed by atoms with Gasteiger partial charge in [0.05, 0.1) is 4.92 Å². The van der Waals surface area contributed by atoms with Gasteiger partial charge in [0, 0.05) is 29.7 Å². The molecule has 0 bridgehead atoms. The number of rotatable bonds is 5. The predicted molar refractivity (Wildman–Crippen MR) is 79.8 cm³/mol. The first kappa shape index (κ1) is 14.5. The topological polar surface area (TPSA) is 55.2 Å². The summed E-state index contributed by atoms with van der Waals surface area (Å²) in [5, 5.41) is 14.8. The van der Waals surface area contributed by atoms with Gasteiger partial charge in [0.1, 0.15) is 0 Å². The lowest BCUT2D eigenvalue weighted by molar-refractivity contribution is -0.384. The fourth-order valence-electron chi connectivity index (χ4n) is 1.99. The SMILES string of the molecule is C[C@@H](NCc1cccc([N+](=O)[O-])c1)c1ccccc1Cl. The Balaban J connectivity index is 2.04. The molecule has 0 aliphatic rings. The van der Waals surface area contributed by atoms with Gasteiger partial charge >= 0.3 is 0 Å². The molecule has 0 saturated heterocycles. The number of nitrogens with zero attached hydrogens (tertiary/aromatic N) is 1. The minimum absolute atomic E-state index is 0.0722. The van der Waals surface area contributed by atoms with Gasteiger partial charge in [0.25, 0.3) is 5.69 Å². The quantitative estimate of drug-likeness (QED) is 0.666.